The summed E-state index contributed by atoms with van der Waals surface area (Å²) in [7, 11) is -2.88. The van der Waals surface area contributed by atoms with Crippen molar-refractivity contribution in [2.45, 2.75) is 48.8 Å². The molecule has 18 nitrogen and oxygen atoms in total. The molecule has 238 valence electrons. The number of nitrogens with one attached hydrogen (secondary N) is 1. The minimum absolute atomic E-state index is 0.0469. The average Bonchev–Trinajstić information content (AvgIpc) is 3.72. The van der Waals surface area contributed by atoms with Gasteiger partial charge in [-0.2, -0.15) is 4.98 Å². The number of hydrogen-bond donors (Lipinski definition) is 6. The molecular weight excluding hydrogens is 672 g/mol. The Hall–Kier alpha value is -2.62. The largest absolute Gasteiger partial charge is 0.394 e. The first kappa shape index (κ1) is 31.4. The highest BCUT2D eigenvalue weighted by molar-refractivity contribution is 8.09. The molecule has 0 aromatic carbocycles. The van der Waals surface area contributed by atoms with E-state index in [1.165, 1.54) is 10.9 Å². The van der Waals surface area contributed by atoms with Crippen LogP contribution in [0.3, 0.4) is 0 Å². The number of hydrogen-bond acceptors (Lipinski definition) is 15. The fourth-order valence-electron chi connectivity index (χ4n) is 5.19. The Bertz CT molecular complexity index is 1850. The fourth-order valence-corrected chi connectivity index (χ4v) is 8.50. The molecule has 2 saturated heterocycles. The number of nitrogens with two attached hydrogens (primary N) is 2. The lowest BCUT2D eigenvalue weighted by atomic mass is 10.1. The van der Waals surface area contributed by atoms with Crippen molar-refractivity contribution in [3.63, 3.8) is 0 Å². The fraction of sp³-hybridized carbons (Fsp3) is 0.500. The summed E-state index contributed by atoms with van der Waals surface area (Å²) in [5, 5.41) is 9.74. The first-order valence-corrected chi connectivity index (χ1v) is 17.9. The lowest BCUT2D eigenvalue weighted by Gasteiger charge is -2.29. The van der Waals surface area contributed by atoms with E-state index in [0.29, 0.717) is 0 Å². The van der Waals surface area contributed by atoms with Crippen molar-refractivity contribution >= 4 is 71.4 Å². The number of imidazole rings is 2. The van der Waals surface area contributed by atoms with Gasteiger partial charge in [0.15, 0.2) is 54.9 Å². The van der Waals surface area contributed by atoms with E-state index >= 15 is 8.78 Å². The van der Waals surface area contributed by atoms with E-state index in [1.807, 2.05) is 0 Å². The molecule has 8 N–H and O–H groups in total. The molecule has 24 heteroatoms. The second-order valence-electron chi connectivity index (χ2n) is 9.76. The van der Waals surface area contributed by atoms with Gasteiger partial charge in [0.05, 0.1) is 25.9 Å². The molecule has 2 aliphatic rings. The summed E-state index contributed by atoms with van der Waals surface area (Å²) < 4.78 is 56.4. The van der Waals surface area contributed by atoms with Gasteiger partial charge >= 0.3 is 0 Å². The monoisotopic (exact) mass is 696 g/mol. The maximum atomic E-state index is 15.8. The Balaban J connectivity index is 1.29. The van der Waals surface area contributed by atoms with E-state index in [1.54, 1.807) is 0 Å². The van der Waals surface area contributed by atoms with Crippen molar-refractivity contribution in [1.82, 2.24) is 39.0 Å². The van der Waals surface area contributed by atoms with Crippen LogP contribution < -0.4 is 17.0 Å². The molecule has 2 fully saturated rings. The normalized spacial score (nSPS) is 31.1. The molecule has 0 radical (unpaired) electrons. The lowest BCUT2D eigenvalue weighted by molar-refractivity contribution is -0.0401. The van der Waals surface area contributed by atoms with Crippen LogP contribution in [-0.2, 0) is 42.1 Å². The van der Waals surface area contributed by atoms with Gasteiger partial charge in [0.1, 0.15) is 42.0 Å². The van der Waals surface area contributed by atoms with Crippen molar-refractivity contribution in [2.75, 3.05) is 24.7 Å². The second-order valence-corrected chi connectivity index (χ2v) is 15.1. The quantitative estimate of drug-likeness (QED) is 0.117. The molecule has 10 atom stereocenters. The average molecular weight is 697 g/mol. The first-order valence-electron chi connectivity index (χ1n) is 12.6. The Morgan fingerprint density at radius 3 is 2.45 bits per heavy atom. The molecule has 6 rings (SSSR count). The van der Waals surface area contributed by atoms with Gasteiger partial charge in [0, 0.05) is 0 Å². The maximum Gasteiger partial charge on any atom is 0.280 e. The predicted molar refractivity (Wildman–Crippen MR) is 156 cm³/mol. The number of halogens is 2. The smallest absolute Gasteiger partial charge is 0.280 e. The Morgan fingerprint density at radius 1 is 1.07 bits per heavy atom. The van der Waals surface area contributed by atoms with Gasteiger partial charge < -0.3 is 44.9 Å². The topological polar surface area (TPSA) is 257 Å². The van der Waals surface area contributed by atoms with Crippen LogP contribution in [-0.4, -0.2) is 103 Å². The summed E-state index contributed by atoms with van der Waals surface area (Å²) in [5.74, 6) is -0.217. The number of aliphatic hydroxyl groups is 1. The van der Waals surface area contributed by atoms with Crippen molar-refractivity contribution < 1.29 is 42.2 Å². The van der Waals surface area contributed by atoms with E-state index in [0.717, 1.165) is 17.2 Å². The van der Waals surface area contributed by atoms with Crippen molar-refractivity contribution in [2.24, 2.45) is 0 Å². The summed E-state index contributed by atoms with van der Waals surface area (Å²) in [4.78, 5) is 55.8. The van der Waals surface area contributed by atoms with Crippen LogP contribution in [0.2, 0.25) is 0 Å². The van der Waals surface area contributed by atoms with E-state index in [-0.39, 0.29) is 34.1 Å². The molecule has 0 aliphatic carbocycles. The molecule has 4 aromatic heterocycles. The number of anilines is 2. The predicted octanol–water partition coefficient (Wildman–Crippen LogP) is -0.842. The third-order valence-electron chi connectivity index (χ3n) is 7.16. The van der Waals surface area contributed by atoms with Crippen LogP contribution in [0, 0.1) is 0 Å². The van der Waals surface area contributed by atoms with E-state index < -0.39 is 81.2 Å². The molecule has 0 amide bonds. The Labute approximate surface area is 255 Å². The van der Waals surface area contributed by atoms with Crippen LogP contribution in [0.25, 0.3) is 22.3 Å². The number of aliphatic hydroxyl groups excluding tert-OH is 1. The van der Waals surface area contributed by atoms with Gasteiger partial charge in [-0.3, -0.25) is 18.9 Å². The molecule has 2 aliphatic heterocycles. The van der Waals surface area contributed by atoms with Gasteiger partial charge in [-0.1, -0.05) is 0 Å². The number of alkyl halides is 2. The second kappa shape index (κ2) is 12.0. The SMILES string of the molecule is Nc1nc2c(ncn2[C@@H]2OC(CO)[C@H](F)[C@H]2P(O)(=S)OC[C@H]2O[C@@H](n3cnc4c(N)ncnc43)[C@@H](F)[C@@H]2O[PH](O)=S)c(=O)[nH]1. The molecule has 0 spiro atoms. The molecule has 6 heterocycles. The molecule has 44 heavy (non-hydrogen) atoms. The Morgan fingerprint density at radius 2 is 1.75 bits per heavy atom. The zero-order valence-corrected chi connectivity index (χ0v) is 25.5. The summed E-state index contributed by atoms with van der Waals surface area (Å²) in [6, 6.07) is 0. The van der Waals surface area contributed by atoms with Crippen molar-refractivity contribution in [3.8, 4) is 0 Å². The van der Waals surface area contributed by atoms with Crippen LogP contribution in [0.1, 0.15) is 12.5 Å². The van der Waals surface area contributed by atoms with Crippen molar-refractivity contribution in [3.05, 3.63) is 29.3 Å². The maximum absolute atomic E-state index is 15.8. The van der Waals surface area contributed by atoms with Crippen LogP contribution in [0.5, 0.6) is 0 Å². The number of ether oxygens (including phenoxy) is 2. The third kappa shape index (κ3) is 5.43. The zero-order valence-electron chi connectivity index (χ0n) is 22.0. The molecule has 0 bridgehead atoms. The van der Waals surface area contributed by atoms with E-state index in [4.69, 9.17) is 53.6 Å². The summed E-state index contributed by atoms with van der Waals surface area (Å²) in [5.41, 5.74) is 9.27. The number of H-pyrrole nitrogens is 1. The van der Waals surface area contributed by atoms with Crippen LogP contribution in [0.15, 0.2) is 23.8 Å². The van der Waals surface area contributed by atoms with Gasteiger partial charge in [-0.25, -0.2) is 28.7 Å². The van der Waals surface area contributed by atoms with E-state index in [9.17, 15) is 19.7 Å². The van der Waals surface area contributed by atoms with Gasteiger partial charge in [0.2, 0.25) is 5.95 Å². The number of nitrogen functional groups attached to an aromatic ring is 2. The number of fused-ring (bicyclic) bond motifs is 2. The minimum Gasteiger partial charge on any atom is -0.394 e. The summed E-state index contributed by atoms with van der Waals surface area (Å²) in [6.45, 7) is -5.70. The highest BCUT2D eigenvalue weighted by atomic mass is 32.5. The third-order valence-corrected chi connectivity index (χ3v) is 10.8. The highest BCUT2D eigenvalue weighted by Gasteiger charge is 2.55. The zero-order chi connectivity index (χ0) is 31.5. The lowest BCUT2D eigenvalue weighted by Crippen LogP contribution is -2.34. The van der Waals surface area contributed by atoms with Gasteiger partial charge in [-0.05, 0) is 23.6 Å². The number of rotatable bonds is 9. The van der Waals surface area contributed by atoms with Crippen LogP contribution >= 0.6 is 13.6 Å². The van der Waals surface area contributed by atoms with E-state index in [2.05, 4.69) is 29.9 Å². The minimum atomic E-state index is -4.27. The molecule has 3 unspecified atom stereocenters. The molecular formula is C20H24F2N10O8P2S2. The number of aromatic nitrogens is 8. The first-order chi connectivity index (χ1) is 20.9. The number of nitrogens with zero attached hydrogens (tertiary/aromatic N) is 7. The van der Waals surface area contributed by atoms with Gasteiger partial charge in [0.25, 0.3) is 5.56 Å². The molecule has 0 saturated carbocycles. The van der Waals surface area contributed by atoms with Gasteiger partial charge in [-0.15, -0.1) is 0 Å². The van der Waals surface area contributed by atoms with Crippen LogP contribution in [0.4, 0.5) is 20.5 Å². The standard InChI is InChI=1S/C20H24F2N10O8P2S2/c21-8-6(1-33)38-19(32-5-28-11-16(32)29-20(24)30-17(11)34)13(8)42(36,44)37-2-7-12(40-41(35)43)9(22)18(39-7)31-4-27-10-14(23)25-3-26-15(10)31/h3-9,12-13,18-19,33,41H,1-2H2,(H,35,43)(H,36,44)(H2,23,25,26)(H3,24,29,30,34)/t6?,7-,8+,9+,12-,13-,18-,19-,42?/m1/s1. The number of aromatic amines is 1. The summed E-state index contributed by atoms with van der Waals surface area (Å²) >= 11 is 10.2. The molecule has 4 aromatic rings. The Kier molecular flexibility index (Phi) is 8.52. The van der Waals surface area contributed by atoms with Crippen molar-refractivity contribution in [1.29, 1.82) is 0 Å². The highest BCUT2D eigenvalue weighted by Crippen LogP contribution is 2.58. The summed E-state index contributed by atoms with van der Waals surface area (Å²) in [6.07, 6.45) is -7.63.